The molecule has 0 atom stereocenters. The van der Waals surface area contributed by atoms with Crippen molar-refractivity contribution < 1.29 is 54.8 Å². The van der Waals surface area contributed by atoms with Crippen molar-refractivity contribution in [2.45, 2.75) is 0 Å². The zero-order valence-corrected chi connectivity index (χ0v) is 8.49. The summed E-state index contributed by atoms with van der Waals surface area (Å²) in [6, 6.07) is 0. The summed E-state index contributed by atoms with van der Waals surface area (Å²) in [7, 11) is -8.83. The fraction of sp³-hybridized carbons (Fsp3) is 0. The van der Waals surface area contributed by atoms with Gasteiger partial charge in [-0.2, -0.15) is 0 Å². The quantitative estimate of drug-likeness (QED) is 0.332. The van der Waals surface area contributed by atoms with Crippen molar-refractivity contribution >= 4 is 20.6 Å². The first-order valence-corrected chi connectivity index (χ1v) is 4.41. The molecule has 0 bridgehead atoms. The Hall–Kier alpha value is 0.524. The normalized spacial score (nSPS) is 9.67. The van der Waals surface area contributed by atoms with Crippen LogP contribution in [0, 0.1) is 0 Å². The van der Waals surface area contributed by atoms with Gasteiger partial charge in [-0.3, -0.25) is 0 Å². The molecule has 12 heavy (non-hydrogen) atoms. The second kappa shape index (κ2) is 8.14. The molecule has 0 aromatic carbocycles. The van der Waals surface area contributed by atoms with E-state index in [2.05, 4.69) is 10.3 Å². The average Bonchev–Trinajstić information content (AvgIpc) is 1.12. The number of nitrogens with two attached hydrogens (primary N) is 2. The molecule has 0 aromatic heterocycles. The van der Waals surface area contributed by atoms with Crippen molar-refractivity contribution in [2.75, 3.05) is 0 Å². The van der Waals surface area contributed by atoms with Gasteiger partial charge in [-0.15, -0.1) is 0 Å². The molecule has 8 nitrogen and oxygen atoms in total. The number of rotatable bonds is 0. The molecule has 0 saturated carbocycles. The predicted molar refractivity (Wildman–Crippen MR) is 27.8 cm³/mol. The molecule has 0 heterocycles. The Bertz CT molecular complexity index is 220. The van der Waals surface area contributed by atoms with Gasteiger partial charge >= 0.3 is 16.5 Å². The van der Waals surface area contributed by atoms with Crippen LogP contribution in [0.3, 0.4) is 0 Å². The van der Waals surface area contributed by atoms with E-state index in [9.17, 15) is 0 Å². The van der Waals surface area contributed by atoms with E-state index in [1.54, 1.807) is 0 Å². The van der Waals surface area contributed by atoms with Crippen LogP contribution in [0.5, 0.6) is 0 Å². The predicted octanol–water partition coefficient (Wildman–Crippen LogP) is -6.19. The van der Waals surface area contributed by atoms with E-state index in [0.717, 1.165) is 0 Å². The van der Waals surface area contributed by atoms with Crippen molar-refractivity contribution in [3.63, 3.8) is 0 Å². The van der Waals surface area contributed by atoms with Gasteiger partial charge in [0.2, 0.25) is 0 Å². The average molecular weight is 286 g/mol. The largest absolute Gasteiger partial charge is 3.00 e. The summed E-state index contributed by atoms with van der Waals surface area (Å²) in [6.07, 6.45) is 0. The van der Waals surface area contributed by atoms with Crippen LogP contribution in [0.15, 0.2) is 0 Å². The first-order valence-electron chi connectivity index (χ1n) is 1.47. The molecule has 0 amide bonds. The molecule has 0 aliphatic carbocycles. The minimum absolute atomic E-state index is 0. The number of halogens is 1. The van der Waals surface area contributed by atoms with E-state index in [-0.39, 0.29) is 28.9 Å². The Labute approximate surface area is 85.8 Å². The van der Waals surface area contributed by atoms with Gasteiger partial charge in [0.1, 0.15) is 0 Å². The Morgan fingerprint density at radius 2 is 0.833 bits per heavy atom. The van der Waals surface area contributed by atoms with Gasteiger partial charge in [0.25, 0.3) is 0 Å². The third-order valence-electron chi connectivity index (χ3n) is 0. The Kier molecular flexibility index (Phi) is 15.5. The summed E-state index contributed by atoms with van der Waals surface area (Å²) in [5, 5.41) is 7.54. The van der Waals surface area contributed by atoms with Crippen molar-refractivity contribution in [2.24, 2.45) is 10.3 Å². The van der Waals surface area contributed by atoms with Crippen LogP contribution < -0.4 is 22.7 Å². The van der Waals surface area contributed by atoms with E-state index in [1.165, 1.54) is 0 Å². The summed E-state index contributed by atoms with van der Waals surface area (Å²) in [4.78, 5) is 0. The fourth-order valence-corrected chi connectivity index (χ4v) is 0. The molecule has 0 saturated heterocycles. The van der Waals surface area contributed by atoms with E-state index < -0.39 is 20.6 Å². The molecule has 0 fully saturated rings. The topological polar surface area (TPSA) is 166 Å². The zero-order valence-electron chi connectivity index (χ0n) is 5.11. The summed E-state index contributed by atoms with van der Waals surface area (Å²) < 4.78 is 53.1. The van der Waals surface area contributed by atoms with Gasteiger partial charge in [0.15, 0.2) is 20.6 Å². The van der Waals surface area contributed by atoms with Crippen LogP contribution in [0.2, 0.25) is 0 Å². The molecule has 0 spiro atoms. The standard InChI is InChI=1S/ClH.2H3NO3S.Ni/c;2*1-5(2,3)4;/h1H;2*(H3,1,2,3,4);/q;;;+3/p-3. The maximum Gasteiger partial charge on any atom is 3.00 e. The van der Waals surface area contributed by atoms with E-state index in [4.69, 9.17) is 25.9 Å². The second-order valence-electron chi connectivity index (χ2n) is 0.986. The SMILES string of the molecule is NS(=O)(=O)[O-].NS(=O)(=O)[O-].[Cl-].[Ni+3]. The third kappa shape index (κ3) is 3480. The minimum Gasteiger partial charge on any atom is -1.00 e. The van der Waals surface area contributed by atoms with Gasteiger partial charge in [-0.05, 0) is 0 Å². The van der Waals surface area contributed by atoms with Crippen LogP contribution in [-0.4, -0.2) is 25.9 Å². The zero-order chi connectivity index (χ0) is 9.00. The minimum atomic E-state index is -4.42. The van der Waals surface area contributed by atoms with Crippen LogP contribution >= 0.6 is 0 Å². The first-order chi connectivity index (χ1) is 4.00. The van der Waals surface area contributed by atoms with Crippen LogP contribution in [0.4, 0.5) is 0 Å². The van der Waals surface area contributed by atoms with Crippen molar-refractivity contribution in [1.29, 1.82) is 0 Å². The van der Waals surface area contributed by atoms with Gasteiger partial charge < -0.3 is 21.5 Å². The molecule has 4 N–H and O–H groups in total. The van der Waals surface area contributed by atoms with E-state index in [0.29, 0.717) is 0 Å². The van der Waals surface area contributed by atoms with Gasteiger partial charge in [0.05, 0.1) is 0 Å². The van der Waals surface area contributed by atoms with E-state index in [1.807, 2.05) is 0 Å². The third-order valence-corrected chi connectivity index (χ3v) is 0. The molecule has 0 aliphatic rings. The van der Waals surface area contributed by atoms with Crippen molar-refractivity contribution in [3.8, 4) is 0 Å². The molecule has 0 rings (SSSR count). The number of hydrogen-bond donors (Lipinski definition) is 2. The summed E-state index contributed by atoms with van der Waals surface area (Å²) in [5.41, 5.74) is 0. The molecule has 1 radical (unpaired) electrons. The van der Waals surface area contributed by atoms with Gasteiger partial charge in [-0.25, -0.2) is 27.1 Å². The molecular weight excluding hydrogens is 282 g/mol. The molecular formula is H4ClN2NiO6S2. The summed E-state index contributed by atoms with van der Waals surface area (Å²) in [5.74, 6) is 0. The van der Waals surface area contributed by atoms with Gasteiger partial charge in [-0.1, -0.05) is 0 Å². The molecule has 0 aliphatic heterocycles. The van der Waals surface area contributed by atoms with Crippen LogP contribution in [-0.2, 0) is 37.1 Å². The smallest absolute Gasteiger partial charge is 1.00 e. The Balaban J connectivity index is -0.0000000457. The second-order valence-corrected chi connectivity index (χ2v) is 2.96. The maximum atomic E-state index is 8.85. The summed E-state index contributed by atoms with van der Waals surface area (Å²) >= 11 is 0. The molecule has 12 heteroatoms. The van der Waals surface area contributed by atoms with Crippen molar-refractivity contribution in [1.82, 2.24) is 0 Å². The Morgan fingerprint density at radius 3 is 0.833 bits per heavy atom. The summed E-state index contributed by atoms with van der Waals surface area (Å²) in [6.45, 7) is 0. The molecule has 79 valence electrons. The monoisotopic (exact) mass is 285 g/mol. The first kappa shape index (κ1) is 22.9. The number of hydrogen-bond acceptors (Lipinski definition) is 6. The fourth-order valence-electron chi connectivity index (χ4n) is 0. The Morgan fingerprint density at radius 1 is 0.833 bits per heavy atom. The molecule has 0 unspecified atom stereocenters. The molecule has 0 aromatic rings. The van der Waals surface area contributed by atoms with Crippen molar-refractivity contribution in [3.05, 3.63) is 0 Å². The van der Waals surface area contributed by atoms with Crippen LogP contribution in [0.25, 0.3) is 0 Å². The van der Waals surface area contributed by atoms with E-state index >= 15 is 0 Å². The van der Waals surface area contributed by atoms with Gasteiger partial charge in [0, 0.05) is 0 Å². The van der Waals surface area contributed by atoms with Crippen LogP contribution in [0.1, 0.15) is 0 Å². The maximum absolute atomic E-state index is 8.85.